The number of hydrogen-bond acceptors (Lipinski definition) is 0. The van der Waals surface area contributed by atoms with E-state index in [9.17, 15) is 0 Å². The van der Waals surface area contributed by atoms with E-state index in [4.69, 9.17) is 0 Å². The Hall–Kier alpha value is -1.04. The lowest BCUT2D eigenvalue weighted by Crippen LogP contribution is -1.36. The van der Waals surface area contributed by atoms with E-state index in [0.717, 1.165) is 6.42 Å². The van der Waals surface area contributed by atoms with Crippen LogP contribution in [-0.2, 0) is 0 Å². The lowest BCUT2D eigenvalue weighted by Gasteiger charge is -1.57. The van der Waals surface area contributed by atoms with E-state index in [1.807, 2.05) is 58.1 Å². The van der Waals surface area contributed by atoms with E-state index < -0.39 is 0 Å². The van der Waals surface area contributed by atoms with Gasteiger partial charge in [-0.1, -0.05) is 37.3 Å². The van der Waals surface area contributed by atoms with Gasteiger partial charge in [0.25, 0.3) is 0 Å². The summed E-state index contributed by atoms with van der Waals surface area (Å²) in [5, 5.41) is 0. The molecular weight excluding hydrogens is 168 g/mol. The molecule has 0 nitrogen and oxygen atoms in total. The van der Waals surface area contributed by atoms with Crippen molar-refractivity contribution in [3.63, 3.8) is 0 Å². The van der Waals surface area contributed by atoms with Crippen molar-refractivity contribution in [3.8, 4) is 0 Å². The molecule has 0 spiro atoms. The van der Waals surface area contributed by atoms with Crippen molar-refractivity contribution < 1.29 is 0 Å². The molecule has 0 saturated carbocycles. The van der Waals surface area contributed by atoms with Crippen molar-refractivity contribution in [3.05, 3.63) is 50.1 Å². The topological polar surface area (TPSA) is 0 Å². The van der Waals surface area contributed by atoms with Gasteiger partial charge in [0.05, 0.1) is 0 Å². The summed E-state index contributed by atoms with van der Waals surface area (Å²) in [4.78, 5) is 0. The summed E-state index contributed by atoms with van der Waals surface area (Å²) < 4.78 is 0. The van der Waals surface area contributed by atoms with Crippen molar-refractivity contribution in [1.29, 1.82) is 0 Å². The van der Waals surface area contributed by atoms with Crippen LogP contribution in [0.15, 0.2) is 50.1 Å². The molecule has 84 valence electrons. The van der Waals surface area contributed by atoms with Crippen LogP contribution >= 0.6 is 0 Å². The second kappa shape index (κ2) is 58.4. The first-order valence-corrected chi connectivity index (χ1v) is 5.00. The van der Waals surface area contributed by atoms with E-state index in [1.165, 1.54) is 0 Å². The fourth-order valence-electron chi connectivity index (χ4n) is 0. The molecule has 0 aromatic rings. The van der Waals surface area contributed by atoms with Gasteiger partial charge in [0, 0.05) is 0 Å². The molecule has 0 aliphatic heterocycles. The molecule has 0 aromatic heterocycles. The first-order chi connectivity index (χ1) is 6.74. The first-order valence-electron chi connectivity index (χ1n) is 5.00. The molecule has 0 aliphatic carbocycles. The quantitative estimate of drug-likeness (QED) is 0.482. The maximum atomic E-state index is 3.48. The van der Waals surface area contributed by atoms with Crippen LogP contribution in [0.4, 0.5) is 0 Å². The van der Waals surface area contributed by atoms with Crippen LogP contribution in [0.25, 0.3) is 0 Å². The molecule has 14 heavy (non-hydrogen) atoms. The summed E-state index contributed by atoms with van der Waals surface area (Å²) in [6.07, 6.45) is 11.0. The third-order valence-electron chi connectivity index (χ3n) is 0.955. The zero-order valence-electron chi connectivity index (χ0n) is 10.7. The van der Waals surface area contributed by atoms with Gasteiger partial charge in [0.15, 0.2) is 0 Å². The Morgan fingerprint density at radius 2 is 0.929 bits per heavy atom. The molecule has 0 rings (SSSR count). The van der Waals surface area contributed by atoms with E-state index in [-0.39, 0.29) is 0 Å². The Kier molecular flexibility index (Phi) is 96.3. The van der Waals surface area contributed by atoms with Crippen LogP contribution in [0, 0.1) is 0 Å². The second-order valence-corrected chi connectivity index (χ2v) is 2.03. The summed E-state index contributed by atoms with van der Waals surface area (Å²) in [6, 6.07) is 0. The highest BCUT2D eigenvalue weighted by atomic mass is 13.5. The molecule has 0 unspecified atom stereocenters. The zero-order valence-corrected chi connectivity index (χ0v) is 10.7. The maximum absolute atomic E-state index is 3.48. The maximum Gasteiger partial charge on any atom is -0.0382 e. The zero-order chi connectivity index (χ0) is 12.2. The number of rotatable bonds is 1. The highest BCUT2D eigenvalue weighted by Gasteiger charge is 1.45. The van der Waals surface area contributed by atoms with Gasteiger partial charge in [-0.3, -0.25) is 0 Å². The fourth-order valence-corrected chi connectivity index (χ4v) is 0. The average Bonchev–Trinajstić information content (AvgIpc) is 2.31. The van der Waals surface area contributed by atoms with Crippen molar-refractivity contribution in [2.45, 2.75) is 41.0 Å². The normalized spacial score (nSPS) is 7.50. The van der Waals surface area contributed by atoms with Crippen molar-refractivity contribution >= 4 is 0 Å². The fraction of sp³-hybridized carbons (Fsp3) is 0.429. The Labute approximate surface area is 91.7 Å². The van der Waals surface area contributed by atoms with Gasteiger partial charge in [-0.15, -0.1) is 19.7 Å². The Morgan fingerprint density at radius 1 is 0.786 bits per heavy atom. The highest BCUT2D eigenvalue weighted by molar-refractivity contribution is 4.68. The average molecular weight is 196 g/mol. The third kappa shape index (κ3) is 283. The molecule has 0 atom stereocenters. The van der Waals surface area contributed by atoms with Crippen molar-refractivity contribution in [2.75, 3.05) is 0 Å². The summed E-state index contributed by atoms with van der Waals surface area (Å²) in [5.41, 5.74) is 0. The standard InChI is InChI=1S/3C4H8.C2H4/c3*1-3-4-2;1-2/h2*3-4H,1-2H3;3H,1,4H2,2H3;1-2H2/b4-3+;4-3-;;. The molecule has 0 fully saturated rings. The third-order valence-corrected chi connectivity index (χ3v) is 0.955. The van der Waals surface area contributed by atoms with Gasteiger partial charge in [-0.25, -0.2) is 0 Å². The largest absolute Gasteiger partial charge is 0.106 e. The molecule has 0 bridgehead atoms. The van der Waals surface area contributed by atoms with Crippen LogP contribution in [0.2, 0.25) is 0 Å². The van der Waals surface area contributed by atoms with Gasteiger partial charge in [0.2, 0.25) is 0 Å². The number of allylic oxidation sites excluding steroid dienone is 5. The predicted octanol–water partition coefficient (Wildman–Crippen LogP) is 5.55. The molecule has 0 aliphatic rings. The minimum atomic E-state index is 1.08. The molecule has 0 N–H and O–H groups in total. The molecule has 0 heteroatoms. The van der Waals surface area contributed by atoms with Crippen LogP contribution in [-0.4, -0.2) is 0 Å². The smallest absolute Gasteiger partial charge is 0.0382 e. The van der Waals surface area contributed by atoms with Gasteiger partial charge < -0.3 is 0 Å². The monoisotopic (exact) mass is 196 g/mol. The molecule has 0 radical (unpaired) electrons. The first kappa shape index (κ1) is 23.1. The number of hydrogen-bond donors (Lipinski definition) is 0. The minimum Gasteiger partial charge on any atom is -0.106 e. The summed E-state index contributed by atoms with van der Waals surface area (Å²) >= 11 is 0. The van der Waals surface area contributed by atoms with Crippen LogP contribution in [0.1, 0.15) is 41.0 Å². The lowest BCUT2D eigenvalue weighted by atomic mass is 10.5. The summed E-state index contributed by atoms with van der Waals surface area (Å²) in [5.74, 6) is 0. The van der Waals surface area contributed by atoms with Gasteiger partial charge >= 0.3 is 0 Å². The Balaban J connectivity index is -0.0000000492. The summed E-state index contributed by atoms with van der Waals surface area (Å²) in [6.45, 7) is 19.5. The molecule has 0 heterocycles. The van der Waals surface area contributed by atoms with Crippen LogP contribution < -0.4 is 0 Å². The van der Waals surface area contributed by atoms with Gasteiger partial charge in [-0.2, -0.15) is 0 Å². The predicted molar refractivity (Wildman–Crippen MR) is 72.7 cm³/mol. The van der Waals surface area contributed by atoms with E-state index in [0.29, 0.717) is 0 Å². The Bertz CT molecular complexity index is 89.2. The van der Waals surface area contributed by atoms with E-state index in [2.05, 4.69) is 26.7 Å². The minimum absolute atomic E-state index is 1.08. The van der Waals surface area contributed by atoms with Crippen LogP contribution in [0.3, 0.4) is 0 Å². The summed E-state index contributed by atoms with van der Waals surface area (Å²) in [7, 11) is 0. The molecule has 0 aromatic carbocycles. The SMILES string of the molecule is C/C=C/C.C/C=C\C.C=C.C=CCC. The molecule has 0 saturated heterocycles. The van der Waals surface area contributed by atoms with E-state index >= 15 is 0 Å². The highest BCUT2D eigenvalue weighted by Crippen LogP contribution is 1.66. The van der Waals surface area contributed by atoms with Gasteiger partial charge in [0.1, 0.15) is 0 Å². The molecule has 0 amide bonds. The van der Waals surface area contributed by atoms with Crippen LogP contribution in [0.5, 0.6) is 0 Å². The Morgan fingerprint density at radius 3 is 0.929 bits per heavy atom. The lowest BCUT2D eigenvalue weighted by molar-refractivity contribution is 1.23. The second-order valence-electron chi connectivity index (χ2n) is 2.03. The van der Waals surface area contributed by atoms with E-state index in [1.54, 1.807) is 0 Å². The molecular formula is C14H28. The van der Waals surface area contributed by atoms with Crippen molar-refractivity contribution in [2.24, 2.45) is 0 Å². The van der Waals surface area contributed by atoms with Gasteiger partial charge in [-0.05, 0) is 34.1 Å². The van der Waals surface area contributed by atoms with Crippen molar-refractivity contribution in [1.82, 2.24) is 0 Å².